The van der Waals surface area contributed by atoms with Crippen molar-refractivity contribution in [1.29, 1.82) is 0 Å². The van der Waals surface area contributed by atoms with Crippen LogP contribution < -0.4 is 4.90 Å². The number of amides is 1. The molecule has 3 aromatic rings. The van der Waals surface area contributed by atoms with Gasteiger partial charge >= 0.3 is 0 Å². The predicted octanol–water partition coefficient (Wildman–Crippen LogP) is 8.65. The summed E-state index contributed by atoms with van der Waals surface area (Å²) in [6, 6.07) is 22.4. The van der Waals surface area contributed by atoms with Crippen LogP contribution in [0.15, 0.2) is 128 Å². The molecule has 1 N–H and O–H groups in total. The third kappa shape index (κ3) is 8.93. The van der Waals surface area contributed by atoms with E-state index in [9.17, 15) is 13.6 Å². The van der Waals surface area contributed by atoms with Crippen LogP contribution in [0.4, 0.5) is 11.4 Å². The molecule has 0 saturated carbocycles. The topological polar surface area (TPSA) is 60.6 Å². The Balaban J connectivity index is 0.000000934. The SMILES string of the molecule is C=C/C=C\C.CC(=O)N(/C=C/C=C/C=C/C1=[N+](CCCCS(=O)O)c2ccc3ccccc3c2C1(C)C)c1ccccc1. The molecule has 43 heavy (non-hydrogen) atoms. The number of anilines is 1. The fraction of sp³-hybridized carbons (Fsp3) is 0.243. The fourth-order valence-electron chi connectivity index (χ4n) is 5.28. The van der Waals surface area contributed by atoms with Gasteiger partial charge in [-0.1, -0.05) is 85.5 Å². The van der Waals surface area contributed by atoms with Crippen LogP contribution in [0.2, 0.25) is 0 Å². The summed E-state index contributed by atoms with van der Waals surface area (Å²) in [5.74, 6) is 0.243. The van der Waals surface area contributed by atoms with Crippen molar-refractivity contribution in [1.82, 2.24) is 0 Å². The highest BCUT2D eigenvalue weighted by Crippen LogP contribution is 2.44. The molecule has 0 saturated heterocycles. The van der Waals surface area contributed by atoms with Crippen molar-refractivity contribution in [2.75, 3.05) is 17.2 Å². The summed E-state index contributed by atoms with van der Waals surface area (Å²) < 4.78 is 22.7. The molecule has 0 spiro atoms. The van der Waals surface area contributed by atoms with Crippen LogP contribution in [-0.2, 0) is 21.3 Å². The smallest absolute Gasteiger partial charge is 0.227 e. The zero-order chi connectivity index (χ0) is 31.2. The van der Waals surface area contributed by atoms with E-state index in [4.69, 9.17) is 0 Å². The molecule has 0 aliphatic carbocycles. The first kappa shape index (κ1) is 33.4. The van der Waals surface area contributed by atoms with Crippen molar-refractivity contribution in [3.05, 3.63) is 134 Å². The monoisotopic (exact) mass is 595 g/mol. The summed E-state index contributed by atoms with van der Waals surface area (Å²) in [7, 11) is 0. The maximum atomic E-state index is 12.1. The molecule has 0 bridgehead atoms. The van der Waals surface area contributed by atoms with Crippen LogP contribution in [0, 0.1) is 0 Å². The van der Waals surface area contributed by atoms with E-state index < -0.39 is 11.1 Å². The summed E-state index contributed by atoms with van der Waals surface area (Å²) in [6.07, 6.45) is 18.8. The van der Waals surface area contributed by atoms with Gasteiger partial charge in [-0.15, -0.1) is 0 Å². The lowest BCUT2D eigenvalue weighted by atomic mass is 9.79. The van der Waals surface area contributed by atoms with Crippen LogP contribution in [0.25, 0.3) is 10.8 Å². The average Bonchev–Trinajstić information content (AvgIpc) is 3.21. The Morgan fingerprint density at radius 3 is 2.30 bits per heavy atom. The number of hydrogen-bond donors (Lipinski definition) is 1. The summed E-state index contributed by atoms with van der Waals surface area (Å²) in [4.78, 5) is 13.7. The lowest BCUT2D eigenvalue weighted by molar-refractivity contribution is -0.438. The highest BCUT2D eigenvalue weighted by atomic mass is 32.2. The maximum Gasteiger partial charge on any atom is 0.227 e. The first-order valence-electron chi connectivity index (χ1n) is 14.6. The Morgan fingerprint density at radius 1 is 0.953 bits per heavy atom. The van der Waals surface area contributed by atoms with E-state index in [1.54, 1.807) is 24.1 Å². The minimum atomic E-state index is -1.76. The number of benzene rings is 3. The van der Waals surface area contributed by atoms with Crippen LogP contribution in [0.3, 0.4) is 0 Å². The molecule has 6 heteroatoms. The second kappa shape index (κ2) is 16.5. The molecule has 3 aromatic carbocycles. The van der Waals surface area contributed by atoms with Gasteiger partial charge in [0.1, 0.15) is 6.54 Å². The Morgan fingerprint density at radius 2 is 1.65 bits per heavy atom. The minimum absolute atomic E-state index is 0.0506. The van der Waals surface area contributed by atoms with Crippen molar-refractivity contribution in [2.45, 2.75) is 46.0 Å². The van der Waals surface area contributed by atoms with Gasteiger partial charge in [-0.25, -0.2) is 4.21 Å². The summed E-state index contributed by atoms with van der Waals surface area (Å²) in [5.41, 5.74) is 4.31. The molecule has 1 aliphatic rings. The molecule has 1 atom stereocenters. The first-order chi connectivity index (χ1) is 20.7. The van der Waals surface area contributed by atoms with E-state index in [0.29, 0.717) is 12.2 Å². The molecular weight excluding hydrogens is 552 g/mol. The molecule has 1 aliphatic heterocycles. The number of nitrogens with zero attached hydrogens (tertiary/aromatic N) is 2. The second-order valence-electron chi connectivity index (χ2n) is 10.6. The number of hydrogen-bond acceptors (Lipinski definition) is 2. The number of carbonyl (C=O) groups is 1. The second-order valence-corrected chi connectivity index (χ2v) is 11.7. The van der Waals surface area contributed by atoms with Gasteiger partial charge in [-0.3, -0.25) is 9.69 Å². The molecule has 0 aromatic heterocycles. The fourth-order valence-corrected chi connectivity index (χ4v) is 5.73. The van der Waals surface area contributed by atoms with E-state index >= 15 is 0 Å². The molecule has 0 radical (unpaired) electrons. The number of carbonyl (C=O) groups excluding carboxylic acids is 1. The van der Waals surface area contributed by atoms with Gasteiger partial charge in [-0.2, -0.15) is 4.58 Å². The highest BCUT2D eigenvalue weighted by molar-refractivity contribution is 7.79. The van der Waals surface area contributed by atoms with Crippen molar-refractivity contribution < 1.29 is 18.1 Å². The summed E-state index contributed by atoms with van der Waals surface area (Å²) in [6.45, 7) is 12.3. The zero-order valence-electron chi connectivity index (χ0n) is 25.6. The summed E-state index contributed by atoms with van der Waals surface area (Å²) >= 11 is -1.76. The van der Waals surface area contributed by atoms with Crippen molar-refractivity contribution in [3.8, 4) is 0 Å². The number of rotatable bonds is 11. The molecule has 0 fully saturated rings. The zero-order valence-corrected chi connectivity index (χ0v) is 26.5. The molecule has 1 unspecified atom stereocenters. The van der Waals surface area contributed by atoms with Crippen LogP contribution in [0.1, 0.15) is 46.1 Å². The molecular formula is C37H43N2O3S+. The average molecular weight is 596 g/mol. The Hall–Kier alpha value is -4.13. The van der Waals surface area contributed by atoms with Gasteiger partial charge in [-0.05, 0) is 62.2 Å². The van der Waals surface area contributed by atoms with Gasteiger partial charge in [0, 0.05) is 48.7 Å². The molecule has 4 rings (SSSR count). The Bertz CT molecular complexity index is 1580. The van der Waals surface area contributed by atoms with E-state index in [2.05, 4.69) is 67.5 Å². The van der Waals surface area contributed by atoms with E-state index in [1.165, 1.54) is 27.7 Å². The van der Waals surface area contributed by atoms with E-state index in [-0.39, 0.29) is 11.3 Å². The van der Waals surface area contributed by atoms with Crippen LogP contribution in [0.5, 0.6) is 0 Å². The van der Waals surface area contributed by atoms with Crippen LogP contribution in [-0.4, -0.2) is 37.3 Å². The van der Waals surface area contributed by atoms with Crippen molar-refractivity contribution in [2.24, 2.45) is 0 Å². The van der Waals surface area contributed by atoms with Gasteiger partial charge < -0.3 is 4.55 Å². The Labute approximate surface area is 259 Å². The minimum Gasteiger partial charge on any atom is -0.306 e. The molecule has 224 valence electrons. The summed E-state index contributed by atoms with van der Waals surface area (Å²) in [5, 5.41) is 2.47. The number of allylic oxidation sites excluding steroid dienone is 8. The number of para-hydroxylation sites is 1. The van der Waals surface area contributed by atoms with Crippen LogP contribution >= 0.6 is 0 Å². The first-order valence-corrected chi connectivity index (χ1v) is 15.8. The van der Waals surface area contributed by atoms with E-state index in [1.807, 2.05) is 73.7 Å². The molecule has 5 nitrogen and oxygen atoms in total. The lowest BCUT2D eigenvalue weighted by Gasteiger charge is -2.17. The van der Waals surface area contributed by atoms with E-state index in [0.717, 1.165) is 18.7 Å². The van der Waals surface area contributed by atoms with Gasteiger partial charge in [0.05, 0.1) is 5.41 Å². The number of fused-ring (bicyclic) bond motifs is 3. The molecule has 1 heterocycles. The Kier molecular flexibility index (Phi) is 12.8. The third-order valence-corrected chi connectivity index (χ3v) is 7.87. The van der Waals surface area contributed by atoms with Gasteiger partial charge in [0.15, 0.2) is 16.8 Å². The van der Waals surface area contributed by atoms with Crippen molar-refractivity contribution >= 4 is 44.8 Å². The van der Waals surface area contributed by atoms with Gasteiger partial charge in [0.2, 0.25) is 11.6 Å². The largest absolute Gasteiger partial charge is 0.306 e. The van der Waals surface area contributed by atoms with Crippen molar-refractivity contribution in [3.63, 3.8) is 0 Å². The maximum absolute atomic E-state index is 12.1. The van der Waals surface area contributed by atoms with Gasteiger partial charge in [0.25, 0.3) is 0 Å². The third-order valence-electron chi connectivity index (χ3n) is 7.23. The lowest BCUT2D eigenvalue weighted by Crippen LogP contribution is -2.28. The highest BCUT2D eigenvalue weighted by Gasteiger charge is 2.45. The quantitative estimate of drug-likeness (QED) is 0.104. The standard InChI is InChI=1S/C32H34N2O3S.C5H8/c1-25(35)33(27-16-7-6-8-17-27)22-12-5-4-9-19-30-32(2,3)31-28-18-11-10-15-26(28)20-21-29(31)34(30)23-13-14-24-38(36)37;1-3-5-4-2/h4-12,15-22H,13-14,23-24H2,1-3H3;3-5H,1H2,2H3/p+1/b;5-4-. The molecule has 1 amide bonds. The number of unbranched alkanes of at least 4 members (excludes halogenated alkanes) is 1. The normalized spacial score (nSPS) is 14.9. The predicted molar refractivity (Wildman–Crippen MR) is 184 cm³/mol.